The van der Waals surface area contributed by atoms with Crippen molar-refractivity contribution in [3.63, 3.8) is 0 Å². The molecule has 0 spiro atoms. The van der Waals surface area contributed by atoms with Gasteiger partial charge in [-0.25, -0.2) is 4.39 Å². The average Bonchev–Trinajstić information content (AvgIpc) is 3.29. The summed E-state index contributed by atoms with van der Waals surface area (Å²) in [4.78, 5) is 12.6. The maximum Gasteiger partial charge on any atom is 0.274 e. The van der Waals surface area contributed by atoms with Gasteiger partial charge in [-0.15, -0.1) is 0 Å². The van der Waals surface area contributed by atoms with Gasteiger partial charge in [0.2, 0.25) is 0 Å². The lowest BCUT2D eigenvalue weighted by atomic mass is 10.1. The number of hydrogen-bond donors (Lipinski definition) is 2. The van der Waals surface area contributed by atoms with Crippen LogP contribution in [0.15, 0.2) is 54.7 Å². The highest BCUT2D eigenvalue weighted by atomic mass is 35.5. The van der Waals surface area contributed by atoms with Gasteiger partial charge in [0.1, 0.15) is 16.5 Å². The molecule has 0 fully saturated rings. The van der Waals surface area contributed by atoms with Gasteiger partial charge in [-0.05, 0) is 42.0 Å². The number of rotatable bonds is 5. The minimum absolute atomic E-state index is 0.179. The molecule has 4 rings (SSSR count). The van der Waals surface area contributed by atoms with Crippen LogP contribution in [0, 0.1) is 5.82 Å². The lowest BCUT2D eigenvalue weighted by Gasteiger charge is -2.02. The van der Waals surface area contributed by atoms with E-state index in [1.807, 2.05) is 0 Å². The normalized spacial score (nSPS) is 10.9. The van der Waals surface area contributed by atoms with Gasteiger partial charge in [0.05, 0.1) is 17.3 Å². The molecule has 0 atom stereocenters. The molecule has 2 heterocycles. The van der Waals surface area contributed by atoms with E-state index in [4.69, 9.17) is 34.8 Å². The van der Waals surface area contributed by atoms with Crippen LogP contribution in [0.1, 0.15) is 16.1 Å². The Morgan fingerprint density at radius 2 is 1.93 bits per heavy atom. The molecule has 152 valence electrons. The first-order valence-corrected chi connectivity index (χ1v) is 9.82. The Morgan fingerprint density at radius 3 is 2.70 bits per heavy atom. The zero-order valence-corrected chi connectivity index (χ0v) is 17.4. The number of carbonyl (C=O) groups excluding carboxylic acids is 1. The summed E-state index contributed by atoms with van der Waals surface area (Å²) in [6.45, 7) is 0.302. The SMILES string of the molecule is O=C(Nc1nn(Cc2cccc(F)c2)cc1Cl)c1cc(-c2ccc(Cl)cc2Cl)n[nH]1. The fourth-order valence-corrected chi connectivity index (χ4v) is 3.54. The van der Waals surface area contributed by atoms with Crippen LogP contribution in [0.3, 0.4) is 0 Å². The highest BCUT2D eigenvalue weighted by molar-refractivity contribution is 6.36. The van der Waals surface area contributed by atoms with Gasteiger partial charge < -0.3 is 5.32 Å². The second-order valence-electron chi connectivity index (χ2n) is 6.40. The van der Waals surface area contributed by atoms with Crippen molar-refractivity contribution < 1.29 is 9.18 Å². The fourth-order valence-electron chi connectivity index (χ4n) is 2.83. The summed E-state index contributed by atoms with van der Waals surface area (Å²) in [6.07, 6.45) is 1.55. The van der Waals surface area contributed by atoms with E-state index in [0.29, 0.717) is 33.4 Å². The molecule has 2 aromatic carbocycles. The summed E-state index contributed by atoms with van der Waals surface area (Å²) in [5, 5.41) is 14.8. The van der Waals surface area contributed by atoms with E-state index in [1.165, 1.54) is 16.8 Å². The number of hydrogen-bond acceptors (Lipinski definition) is 3. The Hall–Kier alpha value is -2.87. The Kier molecular flexibility index (Phi) is 5.76. The number of anilines is 1. The van der Waals surface area contributed by atoms with Crippen molar-refractivity contribution in [1.29, 1.82) is 0 Å². The number of halogens is 4. The number of benzene rings is 2. The molecule has 2 aromatic heterocycles. The zero-order chi connectivity index (χ0) is 21.3. The van der Waals surface area contributed by atoms with Crippen molar-refractivity contribution in [3.05, 3.63) is 86.9 Å². The van der Waals surface area contributed by atoms with Crippen LogP contribution in [-0.4, -0.2) is 25.9 Å². The molecule has 1 amide bonds. The second-order valence-corrected chi connectivity index (χ2v) is 7.65. The molecule has 0 unspecified atom stereocenters. The predicted octanol–water partition coefficient (Wildman–Crippen LogP) is 5.67. The highest BCUT2D eigenvalue weighted by Crippen LogP contribution is 2.29. The molecule has 0 aliphatic heterocycles. The second kappa shape index (κ2) is 8.47. The Balaban J connectivity index is 1.49. The molecule has 30 heavy (non-hydrogen) atoms. The van der Waals surface area contributed by atoms with E-state index in [-0.39, 0.29) is 22.4 Å². The summed E-state index contributed by atoms with van der Waals surface area (Å²) in [5.41, 5.74) is 2.04. The third kappa shape index (κ3) is 4.48. The summed E-state index contributed by atoms with van der Waals surface area (Å²) in [7, 11) is 0. The third-order valence-corrected chi connectivity index (χ3v) is 5.04. The maximum atomic E-state index is 13.3. The molecule has 0 aliphatic rings. The average molecular weight is 465 g/mol. The van der Waals surface area contributed by atoms with Crippen LogP contribution in [0.2, 0.25) is 15.1 Å². The standard InChI is InChI=1S/C20H13Cl3FN5O/c21-12-4-5-14(15(22)7-12)17-8-18(27-26-17)20(30)25-19-16(23)10-29(28-19)9-11-2-1-3-13(24)6-11/h1-8,10H,9H2,(H,26,27)(H,25,28,30). The zero-order valence-electron chi connectivity index (χ0n) is 15.2. The number of H-pyrrole nitrogens is 1. The van der Waals surface area contributed by atoms with Crippen LogP contribution >= 0.6 is 34.8 Å². The molecule has 0 saturated carbocycles. The molecular formula is C20H13Cl3FN5O. The van der Waals surface area contributed by atoms with Gasteiger partial charge in [0.25, 0.3) is 5.91 Å². The van der Waals surface area contributed by atoms with E-state index in [9.17, 15) is 9.18 Å². The predicted molar refractivity (Wildman–Crippen MR) is 115 cm³/mol. The van der Waals surface area contributed by atoms with Crippen LogP contribution in [0.5, 0.6) is 0 Å². The van der Waals surface area contributed by atoms with Crippen molar-refractivity contribution >= 4 is 46.5 Å². The molecular weight excluding hydrogens is 452 g/mol. The van der Waals surface area contributed by atoms with Crippen LogP contribution in [-0.2, 0) is 6.54 Å². The fraction of sp³-hybridized carbons (Fsp3) is 0.0500. The van der Waals surface area contributed by atoms with Crippen molar-refractivity contribution in [3.8, 4) is 11.3 Å². The first kappa shape index (κ1) is 20.4. The summed E-state index contributed by atoms with van der Waals surface area (Å²) < 4.78 is 14.9. The van der Waals surface area contributed by atoms with Gasteiger partial charge in [0.15, 0.2) is 5.82 Å². The Bertz CT molecular complexity index is 1240. The van der Waals surface area contributed by atoms with Gasteiger partial charge >= 0.3 is 0 Å². The van der Waals surface area contributed by atoms with Gasteiger partial charge in [-0.1, -0.05) is 46.9 Å². The monoisotopic (exact) mass is 463 g/mol. The van der Waals surface area contributed by atoms with Gasteiger partial charge in [0, 0.05) is 16.8 Å². The first-order chi connectivity index (χ1) is 14.4. The highest BCUT2D eigenvalue weighted by Gasteiger charge is 2.16. The number of nitrogens with one attached hydrogen (secondary N) is 2. The topological polar surface area (TPSA) is 75.6 Å². The van der Waals surface area contributed by atoms with Crippen LogP contribution in [0.4, 0.5) is 10.2 Å². The van der Waals surface area contributed by atoms with Gasteiger partial charge in [-0.3, -0.25) is 14.6 Å². The Labute approximate surface area is 185 Å². The van der Waals surface area contributed by atoms with Crippen LogP contribution < -0.4 is 5.32 Å². The van der Waals surface area contributed by atoms with Crippen molar-refractivity contribution in [1.82, 2.24) is 20.0 Å². The Morgan fingerprint density at radius 1 is 1.10 bits per heavy atom. The number of aromatic amines is 1. The number of nitrogens with zero attached hydrogens (tertiary/aromatic N) is 3. The minimum atomic E-state index is -0.475. The van der Waals surface area contributed by atoms with E-state index in [1.54, 1.807) is 42.6 Å². The van der Waals surface area contributed by atoms with E-state index < -0.39 is 5.91 Å². The molecule has 2 N–H and O–H groups in total. The number of carbonyl (C=O) groups is 1. The largest absolute Gasteiger partial charge is 0.302 e. The molecule has 0 aliphatic carbocycles. The van der Waals surface area contributed by atoms with E-state index >= 15 is 0 Å². The minimum Gasteiger partial charge on any atom is -0.302 e. The quantitative estimate of drug-likeness (QED) is 0.399. The van der Waals surface area contributed by atoms with Crippen LogP contribution in [0.25, 0.3) is 11.3 Å². The van der Waals surface area contributed by atoms with E-state index in [0.717, 1.165) is 0 Å². The number of amides is 1. The molecule has 4 aromatic rings. The third-order valence-electron chi connectivity index (χ3n) is 4.21. The van der Waals surface area contributed by atoms with Crippen molar-refractivity contribution in [2.24, 2.45) is 0 Å². The summed E-state index contributed by atoms with van der Waals surface area (Å²) >= 11 is 18.3. The lowest BCUT2D eigenvalue weighted by molar-refractivity contribution is 0.102. The van der Waals surface area contributed by atoms with Gasteiger partial charge in [-0.2, -0.15) is 10.2 Å². The summed E-state index contributed by atoms with van der Waals surface area (Å²) in [5.74, 6) is -0.634. The first-order valence-electron chi connectivity index (χ1n) is 8.68. The maximum absolute atomic E-state index is 13.3. The van der Waals surface area contributed by atoms with Crippen molar-refractivity contribution in [2.45, 2.75) is 6.54 Å². The molecule has 0 radical (unpaired) electrons. The number of aromatic nitrogens is 4. The molecule has 6 nitrogen and oxygen atoms in total. The van der Waals surface area contributed by atoms with E-state index in [2.05, 4.69) is 20.6 Å². The lowest BCUT2D eigenvalue weighted by Crippen LogP contribution is -2.13. The molecule has 0 bridgehead atoms. The summed E-state index contributed by atoms with van der Waals surface area (Å²) in [6, 6.07) is 12.7. The molecule has 10 heteroatoms. The molecule has 0 saturated heterocycles. The van der Waals surface area contributed by atoms with Crippen molar-refractivity contribution in [2.75, 3.05) is 5.32 Å². The smallest absolute Gasteiger partial charge is 0.274 e.